The highest BCUT2D eigenvalue weighted by atomic mass is 32.2. The summed E-state index contributed by atoms with van der Waals surface area (Å²) in [6.07, 6.45) is 0.850. The van der Waals surface area contributed by atoms with E-state index >= 15 is 0 Å². The number of carboxylic acid groups (broad SMARTS) is 1. The Balaban J connectivity index is 0.000000973. The summed E-state index contributed by atoms with van der Waals surface area (Å²) in [6, 6.07) is 10.8. The third-order valence-electron chi connectivity index (χ3n) is 6.08. The van der Waals surface area contributed by atoms with Crippen molar-refractivity contribution >= 4 is 16.9 Å². The van der Waals surface area contributed by atoms with Crippen LogP contribution in [0.5, 0.6) is 51.7 Å². The predicted octanol–water partition coefficient (Wildman–Crippen LogP) is 4.40. The maximum atomic E-state index is 9.49. The first-order valence-electron chi connectivity index (χ1n) is 13.1. The smallest absolute Gasteiger partial charge is 0.250 e. The Morgan fingerprint density at radius 2 is 0.744 bits per heavy atom. The van der Waals surface area contributed by atoms with Crippen LogP contribution in [-0.4, -0.2) is 70.0 Å². The standard InChI is InChI=1S/C27H33O9S.C4H8O2/c1-28-16-10-19(31-4)25(20(11-16)32-5)37(26-21(33-6)12-17(29-2)13-22(26)34-7)27-23(35-8)14-18(30-3)15-24(27)36-9;1-2-3-4(5)6/h10-15H,1-9H3;2-3H2,1H3,(H,5,6)/q+1;/p-1. The van der Waals surface area contributed by atoms with Crippen molar-refractivity contribution < 1.29 is 52.5 Å². The molecule has 3 aromatic rings. The lowest BCUT2D eigenvalue weighted by Crippen LogP contribution is -2.20. The van der Waals surface area contributed by atoms with Crippen LogP contribution >= 0.6 is 0 Å². The van der Waals surface area contributed by atoms with E-state index < -0.39 is 16.9 Å². The minimum Gasteiger partial charge on any atom is -0.550 e. The molecule has 0 aliphatic heterocycles. The highest BCUT2D eigenvalue weighted by molar-refractivity contribution is 7.97. The summed E-state index contributed by atoms with van der Waals surface area (Å²) in [4.78, 5) is 11.6. The van der Waals surface area contributed by atoms with Gasteiger partial charge in [0.1, 0.15) is 28.1 Å². The molecule has 0 spiro atoms. The van der Waals surface area contributed by atoms with Gasteiger partial charge in [-0.2, -0.15) is 0 Å². The summed E-state index contributed by atoms with van der Waals surface area (Å²) >= 11 is 0. The topological polar surface area (TPSA) is 123 Å². The van der Waals surface area contributed by atoms with E-state index in [1.165, 1.54) is 0 Å². The van der Waals surface area contributed by atoms with Gasteiger partial charge in [0.2, 0.25) is 0 Å². The van der Waals surface area contributed by atoms with Crippen LogP contribution in [0.3, 0.4) is 0 Å². The molecule has 11 nitrogen and oxygen atoms in total. The Hall–Kier alpha value is -4.32. The summed E-state index contributed by atoms with van der Waals surface area (Å²) in [6.45, 7) is 1.80. The Morgan fingerprint density at radius 1 is 0.512 bits per heavy atom. The van der Waals surface area contributed by atoms with Crippen LogP contribution in [0.1, 0.15) is 19.8 Å². The third-order valence-corrected chi connectivity index (χ3v) is 8.51. The molecule has 0 atom stereocenters. The first kappa shape index (κ1) is 34.9. The Kier molecular flexibility index (Phi) is 13.8. The molecule has 0 aromatic heterocycles. The van der Waals surface area contributed by atoms with Gasteiger partial charge in [-0.1, -0.05) is 13.3 Å². The molecule has 0 saturated carbocycles. The Bertz CT molecular complexity index is 1130. The quantitative estimate of drug-likeness (QED) is 0.238. The normalized spacial score (nSPS) is 10.2. The zero-order valence-corrected chi connectivity index (χ0v) is 27.1. The summed E-state index contributed by atoms with van der Waals surface area (Å²) in [5.74, 6) is 3.92. The molecule has 236 valence electrons. The molecule has 0 fully saturated rings. The van der Waals surface area contributed by atoms with Crippen LogP contribution in [0.15, 0.2) is 51.1 Å². The monoisotopic (exact) mass is 620 g/mol. The zero-order chi connectivity index (χ0) is 32.1. The summed E-state index contributed by atoms with van der Waals surface area (Å²) in [7, 11) is 13.2. The molecule has 0 bridgehead atoms. The van der Waals surface area contributed by atoms with Crippen LogP contribution < -0.4 is 47.7 Å². The summed E-state index contributed by atoms with van der Waals surface area (Å²) < 4.78 is 51.7. The lowest BCUT2D eigenvalue weighted by molar-refractivity contribution is -0.305. The van der Waals surface area contributed by atoms with Crippen molar-refractivity contribution in [3.05, 3.63) is 36.4 Å². The summed E-state index contributed by atoms with van der Waals surface area (Å²) in [5.41, 5.74) is 0. The fourth-order valence-electron chi connectivity index (χ4n) is 4.03. The number of carboxylic acids is 1. The molecule has 3 rings (SSSR count). The van der Waals surface area contributed by atoms with Gasteiger partial charge in [-0.05, 0) is 6.42 Å². The molecule has 0 saturated heterocycles. The molecule has 0 unspecified atom stereocenters. The molecule has 3 aromatic carbocycles. The van der Waals surface area contributed by atoms with E-state index in [0.717, 1.165) is 0 Å². The fraction of sp³-hybridized carbons (Fsp3) is 0.387. The molecule has 43 heavy (non-hydrogen) atoms. The summed E-state index contributed by atoms with van der Waals surface area (Å²) in [5, 5.41) is 9.49. The van der Waals surface area contributed by atoms with Crippen LogP contribution in [-0.2, 0) is 15.7 Å². The second-order valence-electron chi connectivity index (χ2n) is 8.51. The van der Waals surface area contributed by atoms with Gasteiger partial charge in [0, 0.05) is 42.4 Å². The number of ether oxygens (including phenoxy) is 9. The van der Waals surface area contributed by atoms with Crippen molar-refractivity contribution in [2.75, 3.05) is 64.0 Å². The predicted molar refractivity (Wildman–Crippen MR) is 160 cm³/mol. The number of aliphatic carboxylic acids is 1. The Labute approximate surface area is 255 Å². The largest absolute Gasteiger partial charge is 0.550 e. The van der Waals surface area contributed by atoms with Gasteiger partial charge in [0.05, 0.1) is 64.0 Å². The first-order valence-corrected chi connectivity index (χ1v) is 14.3. The number of carbonyl (C=O) groups excluding carboxylic acids is 1. The maximum absolute atomic E-state index is 9.49. The van der Waals surface area contributed by atoms with E-state index in [4.69, 9.17) is 42.6 Å². The van der Waals surface area contributed by atoms with Crippen molar-refractivity contribution in [3.63, 3.8) is 0 Å². The number of carbonyl (C=O) groups is 1. The highest BCUT2D eigenvalue weighted by Crippen LogP contribution is 2.55. The minimum atomic E-state index is -1.03. The zero-order valence-electron chi connectivity index (χ0n) is 26.3. The van der Waals surface area contributed by atoms with Gasteiger partial charge in [-0.3, -0.25) is 0 Å². The minimum absolute atomic E-state index is 0.181. The highest BCUT2D eigenvalue weighted by Gasteiger charge is 2.46. The van der Waals surface area contributed by atoms with E-state index in [1.807, 2.05) is 0 Å². The van der Waals surface area contributed by atoms with Crippen molar-refractivity contribution in [2.24, 2.45) is 0 Å². The van der Waals surface area contributed by atoms with E-state index in [0.29, 0.717) is 72.9 Å². The molecular formula is C31H40O11S. The van der Waals surface area contributed by atoms with Crippen LogP contribution in [0.4, 0.5) is 0 Å². The van der Waals surface area contributed by atoms with Crippen molar-refractivity contribution in [2.45, 2.75) is 34.5 Å². The van der Waals surface area contributed by atoms with Crippen molar-refractivity contribution in [3.8, 4) is 51.7 Å². The van der Waals surface area contributed by atoms with Crippen LogP contribution in [0.2, 0.25) is 0 Å². The first-order chi connectivity index (χ1) is 20.7. The van der Waals surface area contributed by atoms with E-state index in [-0.39, 0.29) is 6.42 Å². The molecule has 0 radical (unpaired) electrons. The number of rotatable bonds is 14. The molecule has 0 aliphatic rings. The Morgan fingerprint density at radius 3 is 0.860 bits per heavy atom. The van der Waals surface area contributed by atoms with E-state index in [2.05, 4.69) is 0 Å². The molecule has 0 aliphatic carbocycles. The number of hydrogen-bond acceptors (Lipinski definition) is 11. The van der Waals surface area contributed by atoms with Crippen LogP contribution in [0, 0.1) is 0 Å². The van der Waals surface area contributed by atoms with Gasteiger partial charge < -0.3 is 52.5 Å². The lowest BCUT2D eigenvalue weighted by atomic mass is 10.3. The lowest BCUT2D eigenvalue weighted by Gasteiger charge is -2.21. The average Bonchev–Trinajstić information content (AvgIpc) is 3.04. The SMILES string of the molecule is CCCC(=O)[O-].COc1cc(OC)c([S+](c2c(OC)cc(OC)cc2OC)c2c(OC)cc(OC)cc2OC)c(OC)c1. The average molecular weight is 621 g/mol. The second kappa shape index (κ2) is 17.0. The molecular weight excluding hydrogens is 580 g/mol. The van der Waals surface area contributed by atoms with Crippen molar-refractivity contribution in [1.29, 1.82) is 0 Å². The van der Waals surface area contributed by atoms with Crippen LogP contribution in [0.25, 0.3) is 0 Å². The molecule has 12 heteroatoms. The molecule has 0 heterocycles. The van der Waals surface area contributed by atoms with E-state index in [1.54, 1.807) is 107 Å². The number of benzene rings is 3. The van der Waals surface area contributed by atoms with Gasteiger partial charge in [0.25, 0.3) is 14.7 Å². The fourth-order valence-corrected chi connectivity index (χ4v) is 6.71. The number of methoxy groups -OCH3 is 9. The van der Waals surface area contributed by atoms with Gasteiger partial charge in [-0.25, -0.2) is 0 Å². The third kappa shape index (κ3) is 8.16. The van der Waals surface area contributed by atoms with Crippen molar-refractivity contribution in [1.82, 2.24) is 0 Å². The molecule has 0 amide bonds. The number of hydrogen-bond donors (Lipinski definition) is 0. The second-order valence-corrected chi connectivity index (χ2v) is 10.3. The van der Waals surface area contributed by atoms with Gasteiger partial charge in [-0.15, -0.1) is 0 Å². The van der Waals surface area contributed by atoms with E-state index in [9.17, 15) is 9.90 Å². The molecule has 0 N–H and O–H groups in total. The van der Waals surface area contributed by atoms with Gasteiger partial charge in [0.15, 0.2) is 34.5 Å². The van der Waals surface area contributed by atoms with Gasteiger partial charge >= 0.3 is 0 Å². The maximum Gasteiger partial charge on any atom is 0.250 e.